The SMILES string of the molecule is O=C1NC(=O)C2(c3ccc(Cl)cc3F)C=CCCC12. The summed E-state index contributed by atoms with van der Waals surface area (Å²) in [5, 5.41) is 2.57. The molecule has 0 spiro atoms. The number of carbonyl (C=O) groups is 2. The van der Waals surface area contributed by atoms with Gasteiger partial charge < -0.3 is 0 Å². The molecule has 19 heavy (non-hydrogen) atoms. The van der Waals surface area contributed by atoms with Gasteiger partial charge in [-0.25, -0.2) is 4.39 Å². The van der Waals surface area contributed by atoms with Gasteiger partial charge in [-0.2, -0.15) is 0 Å². The standard InChI is InChI=1S/C14H11ClFNO2/c15-8-4-5-9(11(16)7-8)14-6-2-1-3-10(14)12(18)17-13(14)19/h2,4-7,10H,1,3H2,(H,17,18,19). The Balaban J connectivity index is 2.24. The van der Waals surface area contributed by atoms with E-state index in [-0.39, 0.29) is 16.5 Å². The zero-order valence-electron chi connectivity index (χ0n) is 9.95. The zero-order chi connectivity index (χ0) is 13.6. The third-order valence-corrected chi connectivity index (χ3v) is 4.09. The Morgan fingerprint density at radius 1 is 1.37 bits per heavy atom. The van der Waals surface area contributed by atoms with Gasteiger partial charge in [0, 0.05) is 10.6 Å². The Kier molecular flexibility index (Phi) is 2.71. The van der Waals surface area contributed by atoms with Crippen LogP contribution in [0.3, 0.4) is 0 Å². The Morgan fingerprint density at radius 3 is 2.89 bits per heavy atom. The van der Waals surface area contributed by atoms with Crippen molar-refractivity contribution in [1.82, 2.24) is 5.32 Å². The average Bonchev–Trinajstić information content (AvgIpc) is 2.62. The van der Waals surface area contributed by atoms with E-state index in [1.54, 1.807) is 6.08 Å². The number of hydrogen-bond acceptors (Lipinski definition) is 2. The number of carbonyl (C=O) groups excluding carboxylic acids is 2. The second kappa shape index (κ2) is 4.17. The van der Waals surface area contributed by atoms with Crippen LogP contribution in [0.25, 0.3) is 0 Å². The summed E-state index contributed by atoms with van der Waals surface area (Å²) in [6.45, 7) is 0. The maximum absolute atomic E-state index is 14.2. The van der Waals surface area contributed by atoms with E-state index in [0.717, 1.165) is 0 Å². The molecular formula is C14H11ClFNO2. The number of benzene rings is 1. The van der Waals surface area contributed by atoms with Crippen molar-refractivity contribution in [3.63, 3.8) is 0 Å². The maximum Gasteiger partial charge on any atom is 0.241 e. The number of amides is 2. The first-order chi connectivity index (χ1) is 9.05. The second-order valence-electron chi connectivity index (χ2n) is 4.84. The molecule has 5 heteroatoms. The van der Waals surface area contributed by atoms with Crippen LogP contribution in [0.2, 0.25) is 5.02 Å². The molecule has 0 aromatic heterocycles. The summed E-state index contributed by atoms with van der Waals surface area (Å²) in [6.07, 6.45) is 4.72. The molecule has 1 aromatic carbocycles. The molecular weight excluding hydrogens is 269 g/mol. The van der Waals surface area contributed by atoms with Crippen molar-refractivity contribution in [2.45, 2.75) is 18.3 Å². The molecule has 1 fully saturated rings. The number of nitrogens with one attached hydrogen (secondary N) is 1. The minimum Gasteiger partial charge on any atom is -0.295 e. The fourth-order valence-electron chi connectivity index (χ4n) is 2.97. The van der Waals surface area contributed by atoms with E-state index in [9.17, 15) is 14.0 Å². The van der Waals surface area contributed by atoms with Crippen molar-refractivity contribution in [3.05, 3.63) is 46.8 Å². The fraction of sp³-hybridized carbons (Fsp3) is 0.286. The van der Waals surface area contributed by atoms with Crippen molar-refractivity contribution in [3.8, 4) is 0 Å². The normalized spacial score (nSPS) is 29.3. The molecule has 3 nitrogen and oxygen atoms in total. The highest BCUT2D eigenvalue weighted by Gasteiger charge is 2.56. The lowest BCUT2D eigenvalue weighted by Crippen LogP contribution is -2.40. The Hall–Kier alpha value is -1.68. The van der Waals surface area contributed by atoms with Crippen LogP contribution in [0.15, 0.2) is 30.4 Å². The van der Waals surface area contributed by atoms with E-state index in [2.05, 4.69) is 5.32 Å². The summed E-state index contributed by atoms with van der Waals surface area (Å²) in [4.78, 5) is 24.1. The van der Waals surface area contributed by atoms with Gasteiger partial charge in [-0.1, -0.05) is 29.8 Å². The summed E-state index contributed by atoms with van der Waals surface area (Å²) >= 11 is 5.74. The third kappa shape index (κ3) is 1.63. The number of rotatable bonds is 1. The van der Waals surface area contributed by atoms with Crippen LogP contribution in [0.4, 0.5) is 4.39 Å². The molecule has 0 radical (unpaired) electrons. The quantitative estimate of drug-likeness (QED) is 0.633. The lowest BCUT2D eigenvalue weighted by molar-refractivity contribution is -0.126. The van der Waals surface area contributed by atoms with Gasteiger partial charge in [-0.3, -0.25) is 14.9 Å². The molecule has 1 saturated heterocycles. The first-order valence-electron chi connectivity index (χ1n) is 6.04. The van der Waals surface area contributed by atoms with Gasteiger partial charge in [0.1, 0.15) is 11.2 Å². The summed E-state index contributed by atoms with van der Waals surface area (Å²) in [7, 11) is 0. The molecule has 1 N–H and O–H groups in total. The molecule has 2 unspecified atom stereocenters. The Bertz CT molecular complexity index is 613. The van der Waals surface area contributed by atoms with Crippen molar-refractivity contribution >= 4 is 23.4 Å². The van der Waals surface area contributed by atoms with Crippen LogP contribution < -0.4 is 5.32 Å². The number of fused-ring (bicyclic) bond motifs is 1. The highest BCUT2D eigenvalue weighted by Crippen LogP contribution is 2.45. The molecule has 2 aliphatic rings. The second-order valence-corrected chi connectivity index (χ2v) is 5.28. The predicted octanol–water partition coefficient (Wildman–Crippen LogP) is 2.34. The topological polar surface area (TPSA) is 46.2 Å². The lowest BCUT2D eigenvalue weighted by Gasteiger charge is -2.31. The molecule has 1 aromatic rings. The molecule has 98 valence electrons. The number of halogens is 2. The van der Waals surface area contributed by atoms with Gasteiger partial charge in [0.2, 0.25) is 11.8 Å². The number of hydrogen-bond donors (Lipinski definition) is 1. The van der Waals surface area contributed by atoms with Crippen LogP contribution in [0, 0.1) is 11.7 Å². The van der Waals surface area contributed by atoms with E-state index in [4.69, 9.17) is 11.6 Å². The van der Waals surface area contributed by atoms with Gasteiger partial charge in [-0.15, -0.1) is 0 Å². The van der Waals surface area contributed by atoms with Gasteiger partial charge in [0.15, 0.2) is 0 Å². The van der Waals surface area contributed by atoms with E-state index in [1.165, 1.54) is 18.2 Å². The van der Waals surface area contributed by atoms with E-state index < -0.39 is 23.1 Å². The van der Waals surface area contributed by atoms with E-state index >= 15 is 0 Å². The van der Waals surface area contributed by atoms with Crippen LogP contribution in [-0.2, 0) is 15.0 Å². The van der Waals surface area contributed by atoms with Crippen molar-refractivity contribution < 1.29 is 14.0 Å². The van der Waals surface area contributed by atoms with Crippen molar-refractivity contribution in [2.75, 3.05) is 0 Å². The predicted molar refractivity (Wildman–Crippen MR) is 68.1 cm³/mol. The smallest absolute Gasteiger partial charge is 0.241 e. The maximum atomic E-state index is 14.2. The van der Waals surface area contributed by atoms with Crippen LogP contribution in [0.5, 0.6) is 0 Å². The zero-order valence-corrected chi connectivity index (χ0v) is 10.7. The van der Waals surface area contributed by atoms with Crippen LogP contribution in [-0.4, -0.2) is 11.8 Å². The molecule has 2 atom stereocenters. The molecule has 3 rings (SSSR count). The van der Waals surface area contributed by atoms with Gasteiger partial charge in [0.25, 0.3) is 0 Å². The molecule has 0 bridgehead atoms. The summed E-state index contributed by atoms with van der Waals surface area (Å²) in [5.74, 6) is -1.89. The minimum absolute atomic E-state index is 0.209. The molecule has 1 aliphatic heterocycles. The van der Waals surface area contributed by atoms with Gasteiger partial charge in [0.05, 0.1) is 5.92 Å². The molecule has 0 saturated carbocycles. The molecule has 1 aliphatic carbocycles. The van der Waals surface area contributed by atoms with Crippen molar-refractivity contribution in [2.24, 2.45) is 5.92 Å². The molecule has 1 heterocycles. The first-order valence-corrected chi connectivity index (χ1v) is 6.42. The Morgan fingerprint density at radius 2 is 2.16 bits per heavy atom. The number of allylic oxidation sites excluding steroid dienone is 1. The lowest BCUT2D eigenvalue weighted by atomic mass is 9.67. The van der Waals surface area contributed by atoms with Gasteiger partial charge >= 0.3 is 0 Å². The van der Waals surface area contributed by atoms with Crippen LogP contribution in [0.1, 0.15) is 18.4 Å². The Labute approximate surface area is 114 Å². The van der Waals surface area contributed by atoms with E-state index in [0.29, 0.717) is 12.8 Å². The van der Waals surface area contributed by atoms with E-state index in [1.807, 2.05) is 6.08 Å². The minimum atomic E-state index is -1.22. The van der Waals surface area contributed by atoms with Crippen LogP contribution >= 0.6 is 11.6 Å². The summed E-state index contributed by atoms with van der Waals surface area (Å²) < 4.78 is 14.2. The highest BCUT2D eigenvalue weighted by molar-refractivity contribution is 6.30. The summed E-state index contributed by atoms with van der Waals surface area (Å²) in [6, 6.07) is 4.18. The first kappa shape index (κ1) is 12.4. The highest BCUT2D eigenvalue weighted by atomic mass is 35.5. The molecule has 2 amide bonds. The average molecular weight is 280 g/mol. The number of imide groups is 1. The largest absolute Gasteiger partial charge is 0.295 e. The monoisotopic (exact) mass is 279 g/mol. The third-order valence-electron chi connectivity index (χ3n) is 3.86. The fourth-order valence-corrected chi connectivity index (χ4v) is 3.13. The summed E-state index contributed by atoms with van der Waals surface area (Å²) in [5.41, 5.74) is -1.01. The van der Waals surface area contributed by atoms with Crippen molar-refractivity contribution in [1.29, 1.82) is 0 Å². The van der Waals surface area contributed by atoms with Gasteiger partial charge in [-0.05, 0) is 25.0 Å².